The summed E-state index contributed by atoms with van der Waals surface area (Å²) in [6, 6.07) is 3.30. The summed E-state index contributed by atoms with van der Waals surface area (Å²) < 4.78 is 0. The molecule has 0 aliphatic heterocycles. The molecule has 0 aromatic heterocycles. The molecule has 1 rings (SSSR count). The summed E-state index contributed by atoms with van der Waals surface area (Å²) >= 11 is 0. The van der Waals surface area contributed by atoms with E-state index in [2.05, 4.69) is 0 Å². The third kappa shape index (κ3) is 2.74. The van der Waals surface area contributed by atoms with Gasteiger partial charge in [0.2, 0.25) is 0 Å². The number of hydrogen-bond acceptors (Lipinski definition) is 3. The molecule has 0 aliphatic rings. The standard InChI is InChI=1S/C13H21NO2/c1-4-5-11(15)12(14)10-6-8(2)13(16)9(3)7-10/h6-7,11-12,15-16H,4-5,14H2,1-3H3/t11-,12+/m1/s1. The average molecular weight is 223 g/mol. The van der Waals surface area contributed by atoms with Crippen molar-refractivity contribution in [2.45, 2.75) is 45.8 Å². The maximum Gasteiger partial charge on any atom is 0.121 e. The molecule has 16 heavy (non-hydrogen) atoms. The van der Waals surface area contributed by atoms with Crippen LogP contribution in [0, 0.1) is 13.8 Å². The van der Waals surface area contributed by atoms with Gasteiger partial charge in [0.1, 0.15) is 5.75 Å². The van der Waals surface area contributed by atoms with Gasteiger partial charge in [0.15, 0.2) is 0 Å². The second-order valence-corrected chi connectivity index (χ2v) is 4.39. The molecular formula is C13H21NO2. The predicted octanol–water partition coefficient (Wildman–Crippen LogP) is 2.17. The zero-order valence-electron chi connectivity index (χ0n) is 10.2. The van der Waals surface area contributed by atoms with E-state index in [1.807, 2.05) is 32.9 Å². The third-order valence-corrected chi connectivity index (χ3v) is 2.90. The SMILES string of the molecule is CCC[C@@H](O)[C@@H](N)c1cc(C)c(O)c(C)c1. The third-order valence-electron chi connectivity index (χ3n) is 2.90. The number of phenolic OH excluding ortho intramolecular Hbond substituents is 1. The number of aliphatic hydroxyl groups excluding tert-OH is 1. The molecule has 3 heteroatoms. The highest BCUT2D eigenvalue weighted by atomic mass is 16.3. The van der Waals surface area contributed by atoms with Crippen molar-refractivity contribution >= 4 is 0 Å². The van der Waals surface area contributed by atoms with Crippen LogP contribution in [0.3, 0.4) is 0 Å². The van der Waals surface area contributed by atoms with Crippen LogP contribution in [0.5, 0.6) is 5.75 Å². The summed E-state index contributed by atoms with van der Waals surface area (Å²) in [6.07, 6.45) is 1.08. The number of aliphatic hydroxyl groups is 1. The minimum absolute atomic E-state index is 0.306. The molecule has 0 radical (unpaired) electrons. The lowest BCUT2D eigenvalue weighted by molar-refractivity contribution is 0.134. The Morgan fingerprint density at radius 3 is 2.19 bits per heavy atom. The van der Waals surface area contributed by atoms with Gasteiger partial charge >= 0.3 is 0 Å². The molecule has 2 atom stereocenters. The van der Waals surface area contributed by atoms with Gasteiger partial charge < -0.3 is 15.9 Å². The van der Waals surface area contributed by atoms with E-state index in [0.717, 1.165) is 23.1 Å². The van der Waals surface area contributed by atoms with E-state index in [4.69, 9.17) is 5.73 Å². The van der Waals surface area contributed by atoms with Gasteiger partial charge in [-0.3, -0.25) is 0 Å². The lowest BCUT2D eigenvalue weighted by Gasteiger charge is -2.20. The molecule has 3 nitrogen and oxygen atoms in total. The van der Waals surface area contributed by atoms with E-state index in [1.165, 1.54) is 0 Å². The van der Waals surface area contributed by atoms with Crippen LogP contribution >= 0.6 is 0 Å². The van der Waals surface area contributed by atoms with Gasteiger partial charge in [-0.1, -0.05) is 25.5 Å². The van der Waals surface area contributed by atoms with Crippen LogP contribution in [0.2, 0.25) is 0 Å². The maximum atomic E-state index is 9.83. The summed E-state index contributed by atoms with van der Waals surface area (Å²) in [5, 5.41) is 19.5. The lowest BCUT2D eigenvalue weighted by Crippen LogP contribution is -2.26. The molecule has 0 saturated carbocycles. The number of benzene rings is 1. The highest BCUT2D eigenvalue weighted by molar-refractivity contribution is 5.43. The smallest absolute Gasteiger partial charge is 0.121 e. The van der Waals surface area contributed by atoms with Crippen LogP contribution in [0.15, 0.2) is 12.1 Å². The Kier molecular flexibility index (Phi) is 4.33. The molecule has 0 aliphatic carbocycles. The van der Waals surface area contributed by atoms with Gasteiger partial charge in [0.05, 0.1) is 12.1 Å². The molecule has 90 valence electrons. The fourth-order valence-electron chi connectivity index (χ4n) is 1.88. The molecular weight excluding hydrogens is 202 g/mol. The van der Waals surface area contributed by atoms with E-state index in [0.29, 0.717) is 12.2 Å². The Balaban J connectivity index is 2.96. The fourth-order valence-corrected chi connectivity index (χ4v) is 1.88. The Hall–Kier alpha value is -1.06. The summed E-state index contributed by atoms with van der Waals surface area (Å²) in [5.41, 5.74) is 8.46. The molecule has 0 unspecified atom stereocenters. The maximum absolute atomic E-state index is 9.83. The van der Waals surface area contributed by atoms with Crippen LogP contribution < -0.4 is 5.73 Å². The minimum atomic E-state index is -0.520. The zero-order valence-corrected chi connectivity index (χ0v) is 10.2. The number of rotatable bonds is 4. The zero-order chi connectivity index (χ0) is 12.3. The summed E-state index contributed by atoms with van der Waals surface area (Å²) in [7, 11) is 0. The molecule has 4 N–H and O–H groups in total. The van der Waals surface area contributed by atoms with Crippen LogP contribution in [-0.2, 0) is 0 Å². The first-order valence-corrected chi connectivity index (χ1v) is 5.71. The van der Waals surface area contributed by atoms with Crippen LogP contribution in [0.1, 0.15) is 42.5 Å². The Bertz CT molecular complexity index is 340. The molecule has 0 fully saturated rings. The van der Waals surface area contributed by atoms with E-state index in [-0.39, 0.29) is 6.04 Å². The van der Waals surface area contributed by atoms with Gasteiger partial charge in [-0.15, -0.1) is 0 Å². The molecule has 0 bridgehead atoms. The molecule has 1 aromatic carbocycles. The predicted molar refractivity (Wildman–Crippen MR) is 65.4 cm³/mol. The summed E-state index contributed by atoms with van der Waals surface area (Å²) in [5.74, 6) is 0.306. The van der Waals surface area contributed by atoms with Crippen molar-refractivity contribution in [1.82, 2.24) is 0 Å². The van der Waals surface area contributed by atoms with Crippen molar-refractivity contribution in [1.29, 1.82) is 0 Å². The second kappa shape index (κ2) is 5.32. The van der Waals surface area contributed by atoms with Crippen LogP contribution in [-0.4, -0.2) is 16.3 Å². The quantitative estimate of drug-likeness (QED) is 0.733. The van der Waals surface area contributed by atoms with Crippen molar-refractivity contribution in [3.8, 4) is 5.75 Å². The molecule has 0 spiro atoms. The first-order chi connectivity index (χ1) is 7.47. The van der Waals surface area contributed by atoms with Gasteiger partial charge in [-0.2, -0.15) is 0 Å². The molecule has 0 heterocycles. The van der Waals surface area contributed by atoms with E-state index in [1.54, 1.807) is 0 Å². The van der Waals surface area contributed by atoms with Crippen molar-refractivity contribution in [2.75, 3.05) is 0 Å². The summed E-state index contributed by atoms with van der Waals surface area (Å²) in [6.45, 7) is 5.69. The van der Waals surface area contributed by atoms with E-state index >= 15 is 0 Å². The van der Waals surface area contributed by atoms with Gasteiger partial charge in [-0.25, -0.2) is 0 Å². The first-order valence-electron chi connectivity index (χ1n) is 5.71. The normalized spacial score (nSPS) is 14.8. The second-order valence-electron chi connectivity index (χ2n) is 4.39. The van der Waals surface area contributed by atoms with Gasteiger partial charge in [0, 0.05) is 0 Å². The number of hydrogen-bond donors (Lipinski definition) is 3. The van der Waals surface area contributed by atoms with E-state index in [9.17, 15) is 10.2 Å². The Labute approximate surface area is 96.9 Å². The highest BCUT2D eigenvalue weighted by Crippen LogP contribution is 2.27. The Morgan fingerprint density at radius 1 is 1.25 bits per heavy atom. The van der Waals surface area contributed by atoms with Crippen molar-refractivity contribution in [3.63, 3.8) is 0 Å². The average Bonchev–Trinajstić information content (AvgIpc) is 2.24. The first kappa shape index (κ1) is 13.0. The number of aryl methyl sites for hydroxylation is 2. The van der Waals surface area contributed by atoms with Crippen LogP contribution in [0.4, 0.5) is 0 Å². The molecule has 0 amide bonds. The van der Waals surface area contributed by atoms with Crippen molar-refractivity contribution < 1.29 is 10.2 Å². The number of phenols is 1. The Morgan fingerprint density at radius 2 is 1.75 bits per heavy atom. The monoisotopic (exact) mass is 223 g/mol. The van der Waals surface area contributed by atoms with Gasteiger partial charge in [0.25, 0.3) is 0 Å². The largest absolute Gasteiger partial charge is 0.507 e. The topological polar surface area (TPSA) is 66.5 Å². The van der Waals surface area contributed by atoms with Gasteiger partial charge in [-0.05, 0) is 37.0 Å². The van der Waals surface area contributed by atoms with E-state index < -0.39 is 6.10 Å². The van der Waals surface area contributed by atoms with Crippen molar-refractivity contribution in [3.05, 3.63) is 28.8 Å². The van der Waals surface area contributed by atoms with Crippen molar-refractivity contribution in [2.24, 2.45) is 5.73 Å². The fraction of sp³-hybridized carbons (Fsp3) is 0.538. The number of nitrogens with two attached hydrogens (primary N) is 1. The summed E-state index contributed by atoms with van der Waals surface area (Å²) in [4.78, 5) is 0. The minimum Gasteiger partial charge on any atom is -0.507 e. The highest BCUT2D eigenvalue weighted by Gasteiger charge is 2.17. The lowest BCUT2D eigenvalue weighted by atomic mass is 9.95. The van der Waals surface area contributed by atoms with Crippen LogP contribution in [0.25, 0.3) is 0 Å². The molecule has 0 saturated heterocycles. The number of aromatic hydroxyl groups is 1. The molecule has 1 aromatic rings.